The molecule has 0 saturated heterocycles. The SMILES string of the molecule is COC(=O)c1c(Cl)ccc2cn[nH]c12. The molecule has 1 N–H and O–H groups in total. The first-order chi connectivity index (χ1) is 6.74. The molecule has 5 heteroatoms. The Morgan fingerprint density at radius 1 is 1.57 bits per heavy atom. The lowest BCUT2D eigenvalue weighted by Gasteiger charge is -2.02. The molecule has 0 amide bonds. The number of nitrogens with one attached hydrogen (secondary N) is 1. The molecular formula is C9H7ClN2O2. The molecule has 0 aliphatic rings. The van der Waals surface area contributed by atoms with Crippen LogP contribution in [0, 0.1) is 0 Å². The third-order valence-electron chi connectivity index (χ3n) is 1.96. The molecule has 1 aromatic heterocycles. The van der Waals surface area contributed by atoms with E-state index in [-0.39, 0.29) is 0 Å². The average molecular weight is 211 g/mol. The fourth-order valence-electron chi connectivity index (χ4n) is 1.29. The minimum atomic E-state index is -0.468. The molecule has 72 valence electrons. The predicted octanol–water partition coefficient (Wildman–Crippen LogP) is 2.00. The maximum absolute atomic E-state index is 11.4. The number of carbonyl (C=O) groups excluding carboxylic acids is 1. The van der Waals surface area contributed by atoms with Gasteiger partial charge in [0.2, 0.25) is 0 Å². The van der Waals surface area contributed by atoms with Crippen molar-refractivity contribution < 1.29 is 9.53 Å². The lowest BCUT2D eigenvalue weighted by Crippen LogP contribution is -2.03. The minimum absolute atomic E-state index is 0.323. The first kappa shape index (κ1) is 9.02. The second-order valence-corrected chi connectivity index (χ2v) is 3.16. The Morgan fingerprint density at radius 3 is 3.07 bits per heavy atom. The van der Waals surface area contributed by atoms with Crippen LogP contribution in [-0.2, 0) is 4.74 Å². The van der Waals surface area contributed by atoms with Gasteiger partial charge < -0.3 is 4.74 Å². The second-order valence-electron chi connectivity index (χ2n) is 2.75. The van der Waals surface area contributed by atoms with E-state index in [9.17, 15) is 4.79 Å². The van der Waals surface area contributed by atoms with Gasteiger partial charge in [-0.2, -0.15) is 5.10 Å². The van der Waals surface area contributed by atoms with Gasteiger partial charge in [-0.1, -0.05) is 11.6 Å². The summed E-state index contributed by atoms with van der Waals surface area (Å²) in [4.78, 5) is 11.4. The average Bonchev–Trinajstić information content (AvgIpc) is 2.64. The van der Waals surface area contributed by atoms with Crippen molar-refractivity contribution in [1.82, 2.24) is 10.2 Å². The van der Waals surface area contributed by atoms with Gasteiger partial charge in [0, 0.05) is 5.39 Å². The van der Waals surface area contributed by atoms with Gasteiger partial charge in [-0.15, -0.1) is 0 Å². The van der Waals surface area contributed by atoms with E-state index >= 15 is 0 Å². The van der Waals surface area contributed by atoms with Crippen molar-refractivity contribution in [2.75, 3.05) is 7.11 Å². The number of nitrogens with zero attached hydrogens (tertiary/aromatic N) is 1. The molecule has 0 aliphatic carbocycles. The van der Waals surface area contributed by atoms with Crippen LogP contribution < -0.4 is 0 Å². The zero-order valence-electron chi connectivity index (χ0n) is 7.37. The number of halogens is 1. The number of aromatic nitrogens is 2. The first-order valence-electron chi connectivity index (χ1n) is 3.94. The van der Waals surface area contributed by atoms with E-state index in [0.717, 1.165) is 5.39 Å². The Labute approximate surface area is 84.8 Å². The molecule has 0 radical (unpaired) electrons. The molecule has 2 rings (SSSR count). The minimum Gasteiger partial charge on any atom is -0.465 e. The maximum atomic E-state index is 11.4. The van der Waals surface area contributed by atoms with Gasteiger partial charge in [0.25, 0.3) is 0 Å². The Balaban J connectivity index is 2.76. The number of aromatic amines is 1. The topological polar surface area (TPSA) is 55.0 Å². The van der Waals surface area contributed by atoms with Crippen molar-refractivity contribution in [3.63, 3.8) is 0 Å². The van der Waals surface area contributed by atoms with Gasteiger partial charge in [0.15, 0.2) is 0 Å². The standard InChI is InChI=1S/C9H7ClN2O2/c1-14-9(13)7-6(10)3-2-5-4-11-12-8(5)7/h2-4H,1H3,(H,11,12). The van der Waals surface area contributed by atoms with Gasteiger partial charge in [-0.25, -0.2) is 4.79 Å². The van der Waals surface area contributed by atoms with Crippen LogP contribution in [0.1, 0.15) is 10.4 Å². The normalized spacial score (nSPS) is 10.4. The molecule has 0 atom stereocenters. The number of hydrogen-bond donors (Lipinski definition) is 1. The van der Waals surface area contributed by atoms with E-state index in [1.807, 2.05) is 0 Å². The zero-order valence-corrected chi connectivity index (χ0v) is 8.13. The third-order valence-corrected chi connectivity index (χ3v) is 2.27. The summed E-state index contributed by atoms with van der Waals surface area (Å²) in [5.41, 5.74) is 0.925. The van der Waals surface area contributed by atoms with Crippen molar-refractivity contribution in [1.29, 1.82) is 0 Å². The van der Waals surface area contributed by atoms with Crippen LogP contribution in [0.4, 0.5) is 0 Å². The van der Waals surface area contributed by atoms with E-state index in [1.54, 1.807) is 18.3 Å². The molecule has 0 aliphatic heterocycles. The van der Waals surface area contributed by atoms with Crippen LogP contribution in [0.25, 0.3) is 10.9 Å². The van der Waals surface area contributed by atoms with Crippen LogP contribution in [0.5, 0.6) is 0 Å². The molecule has 1 aromatic carbocycles. The van der Waals surface area contributed by atoms with Crippen molar-refractivity contribution in [2.24, 2.45) is 0 Å². The van der Waals surface area contributed by atoms with Gasteiger partial charge in [0.1, 0.15) is 5.56 Å². The largest absolute Gasteiger partial charge is 0.465 e. The van der Waals surface area contributed by atoms with E-state index in [4.69, 9.17) is 11.6 Å². The van der Waals surface area contributed by atoms with Crippen LogP contribution in [0.3, 0.4) is 0 Å². The highest BCUT2D eigenvalue weighted by Gasteiger charge is 2.15. The van der Waals surface area contributed by atoms with Gasteiger partial charge >= 0.3 is 5.97 Å². The third kappa shape index (κ3) is 1.24. The van der Waals surface area contributed by atoms with Gasteiger partial charge in [-0.3, -0.25) is 5.10 Å². The van der Waals surface area contributed by atoms with E-state index in [2.05, 4.69) is 14.9 Å². The highest BCUT2D eigenvalue weighted by atomic mass is 35.5. The number of carbonyl (C=O) groups is 1. The summed E-state index contributed by atoms with van der Waals surface area (Å²) in [5.74, 6) is -0.468. The number of ether oxygens (including phenoxy) is 1. The molecular weight excluding hydrogens is 204 g/mol. The van der Waals surface area contributed by atoms with Gasteiger partial charge in [-0.05, 0) is 12.1 Å². The number of fused-ring (bicyclic) bond motifs is 1. The smallest absolute Gasteiger partial charge is 0.341 e. The van der Waals surface area contributed by atoms with Crippen LogP contribution in [0.2, 0.25) is 5.02 Å². The zero-order chi connectivity index (χ0) is 10.1. The molecule has 0 saturated carbocycles. The summed E-state index contributed by atoms with van der Waals surface area (Å²) < 4.78 is 4.62. The summed E-state index contributed by atoms with van der Waals surface area (Å²) >= 11 is 5.89. The van der Waals surface area contributed by atoms with E-state index in [1.165, 1.54) is 7.11 Å². The Morgan fingerprint density at radius 2 is 2.36 bits per heavy atom. The molecule has 0 fully saturated rings. The summed E-state index contributed by atoms with van der Waals surface area (Å²) in [7, 11) is 1.31. The Bertz CT molecular complexity index is 493. The van der Waals surface area contributed by atoms with Crippen LogP contribution in [-0.4, -0.2) is 23.3 Å². The molecule has 0 unspecified atom stereocenters. The fourth-order valence-corrected chi connectivity index (χ4v) is 1.52. The van der Waals surface area contributed by atoms with Gasteiger partial charge in [0.05, 0.1) is 23.8 Å². The Kier molecular flexibility index (Phi) is 2.13. The van der Waals surface area contributed by atoms with Crippen LogP contribution >= 0.6 is 11.6 Å². The first-order valence-corrected chi connectivity index (χ1v) is 4.31. The van der Waals surface area contributed by atoms with E-state index < -0.39 is 5.97 Å². The predicted molar refractivity (Wildman–Crippen MR) is 52.4 cm³/mol. The lowest BCUT2D eigenvalue weighted by atomic mass is 10.1. The molecule has 4 nitrogen and oxygen atoms in total. The maximum Gasteiger partial charge on any atom is 0.341 e. The van der Waals surface area contributed by atoms with Crippen molar-refractivity contribution in [3.05, 3.63) is 28.9 Å². The molecule has 1 heterocycles. The van der Waals surface area contributed by atoms with E-state index in [0.29, 0.717) is 16.1 Å². The molecule has 0 spiro atoms. The van der Waals surface area contributed by atoms with Crippen molar-refractivity contribution >= 4 is 28.5 Å². The number of benzene rings is 1. The number of rotatable bonds is 1. The number of methoxy groups -OCH3 is 1. The fraction of sp³-hybridized carbons (Fsp3) is 0.111. The van der Waals surface area contributed by atoms with Crippen molar-refractivity contribution in [3.8, 4) is 0 Å². The summed E-state index contributed by atoms with van der Waals surface area (Å²) in [6.07, 6.45) is 1.62. The van der Waals surface area contributed by atoms with Crippen LogP contribution in [0.15, 0.2) is 18.3 Å². The molecule has 14 heavy (non-hydrogen) atoms. The summed E-state index contributed by atoms with van der Waals surface area (Å²) in [5, 5.41) is 7.72. The summed E-state index contributed by atoms with van der Waals surface area (Å²) in [6, 6.07) is 3.43. The highest BCUT2D eigenvalue weighted by molar-refractivity contribution is 6.35. The van der Waals surface area contributed by atoms with Crippen molar-refractivity contribution in [2.45, 2.75) is 0 Å². The number of H-pyrrole nitrogens is 1. The highest BCUT2D eigenvalue weighted by Crippen LogP contribution is 2.24. The summed E-state index contributed by atoms with van der Waals surface area (Å²) in [6.45, 7) is 0. The molecule has 0 bridgehead atoms. The monoisotopic (exact) mass is 210 g/mol. The number of esters is 1. The number of hydrogen-bond acceptors (Lipinski definition) is 3. The quantitative estimate of drug-likeness (QED) is 0.733. The lowest BCUT2D eigenvalue weighted by molar-refractivity contribution is 0.0603. The molecule has 2 aromatic rings. The second kappa shape index (κ2) is 3.31. The Hall–Kier alpha value is -1.55.